The van der Waals surface area contributed by atoms with Crippen molar-refractivity contribution < 1.29 is 0 Å². The van der Waals surface area contributed by atoms with E-state index in [0.29, 0.717) is 4.88 Å². The van der Waals surface area contributed by atoms with Crippen LogP contribution in [-0.4, -0.2) is 18.6 Å². The first-order chi connectivity index (χ1) is 6.29. The number of nitriles is 1. The Morgan fingerprint density at radius 3 is 3.08 bits per heavy atom. The van der Waals surface area contributed by atoms with Gasteiger partial charge in [-0.05, 0) is 6.42 Å². The Labute approximate surface area is 82.6 Å². The van der Waals surface area contributed by atoms with Gasteiger partial charge in [0.05, 0.1) is 5.51 Å². The molecule has 3 nitrogen and oxygen atoms in total. The summed E-state index contributed by atoms with van der Waals surface area (Å²) in [5, 5.41) is 8.78. The lowest BCUT2D eigenvalue weighted by Gasteiger charge is -2.15. The van der Waals surface area contributed by atoms with Gasteiger partial charge < -0.3 is 4.90 Å². The molecule has 0 radical (unpaired) electrons. The Balaban J connectivity index is 2.66. The maximum atomic E-state index is 8.78. The van der Waals surface area contributed by atoms with Crippen molar-refractivity contribution in [1.82, 2.24) is 4.98 Å². The number of nitrogens with zero attached hydrogens (tertiary/aromatic N) is 3. The van der Waals surface area contributed by atoms with Crippen LogP contribution in [0.1, 0.15) is 24.6 Å². The molecule has 13 heavy (non-hydrogen) atoms. The average molecular weight is 195 g/mol. The van der Waals surface area contributed by atoms with E-state index < -0.39 is 0 Å². The highest BCUT2D eigenvalue weighted by molar-refractivity contribution is 7.10. The molecule has 1 aromatic rings. The second-order valence-electron chi connectivity index (χ2n) is 2.89. The lowest BCUT2D eigenvalue weighted by Crippen LogP contribution is -2.19. The minimum absolute atomic E-state index is 0.707. The molecule has 0 aliphatic heterocycles. The van der Waals surface area contributed by atoms with Gasteiger partial charge in [0.2, 0.25) is 0 Å². The SMILES string of the molecule is CCCCN(C)c1ncsc1C#N. The molecular weight excluding hydrogens is 182 g/mol. The molecule has 0 fully saturated rings. The van der Waals surface area contributed by atoms with Gasteiger partial charge in [-0.25, -0.2) is 4.98 Å². The van der Waals surface area contributed by atoms with E-state index >= 15 is 0 Å². The van der Waals surface area contributed by atoms with Gasteiger partial charge in [-0.3, -0.25) is 0 Å². The van der Waals surface area contributed by atoms with Gasteiger partial charge in [-0.15, -0.1) is 11.3 Å². The highest BCUT2D eigenvalue weighted by atomic mass is 32.1. The van der Waals surface area contributed by atoms with Crippen LogP contribution in [0.3, 0.4) is 0 Å². The lowest BCUT2D eigenvalue weighted by atomic mass is 10.3. The molecule has 1 aromatic heterocycles. The molecule has 0 atom stereocenters. The summed E-state index contributed by atoms with van der Waals surface area (Å²) >= 11 is 1.40. The molecule has 0 aliphatic rings. The summed E-state index contributed by atoms with van der Waals surface area (Å²) in [7, 11) is 1.98. The predicted octanol–water partition coefficient (Wildman–Crippen LogP) is 2.25. The van der Waals surface area contributed by atoms with Crippen LogP contribution >= 0.6 is 11.3 Å². The quantitative estimate of drug-likeness (QED) is 0.739. The molecule has 0 unspecified atom stereocenters. The normalized spacial score (nSPS) is 9.62. The fraction of sp³-hybridized carbons (Fsp3) is 0.556. The van der Waals surface area contributed by atoms with Gasteiger partial charge in [0, 0.05) is 13.6 Å². The van der Waals surface area contributed by atoms with Crippen molar-refractivity contribution in [1.29, 1.82) is 5.26 Å². The van der Waals surface area contributed by atoms with Crippen molar-refractivity contribution in [2.45, 2.75) is 19.8 Å². The smallest absolute Gasteiger partial charge is 0.157 e. The number of aromatic nitrogens is 1. The van der Waals surface area contributed by atoms with Gasteiger partial charge >= 0.3 is 0 Å². The van der Waals surface area contributed by atoms with Crippen LogP contribution in [0.15, 0.2) is 5.51 Å². The largest absolute Gasteiger partial charge is 0.358 e. The molecule has 4 heteroatoms. The van der Waals surface area contributed by atoms with E-state index in [1.165, 1.54) is 11.3 Å². The Hall–Kier alpha value is -1.08. The van der Waals surface area contributed by atoms with Crippen LogP contribution in [0.2, 0.25) is 0 Å². The molecule has 0 saturated heterocycles. The summed E-state index contributed by atoms with van der Waals surface area (Å²) in [6, 6.07) is 2.15. The third kappa shape index (κ3) is 2.43. The first kappa shape index (κ1) is 10.0. The van der Waals surface area contributed by atoms with E-state index in [1.54, 1.807) is 5.51 Å². The molecule has 0 bridgehead atoms. The third-order valence-electron chi connectivity index (χ3n) is 1.86. The molecular formula is C9H13N3S. The molecule has 0 saturated carbocycles. The minimum atomic E-state index is 0.707. The van der Waals surface area contributed by atoms with Crippen molar-refractivity contribution in [2.24, 2.45) is 0 Å². The van der Waals surface area contributed by atoms with E-state index in [1.807, 2.05) is 11.9 Å². The molecule has 0 spiro atoms. The molecule has 0 amide bonds. The zero-order valence-electron chi connectivity index (χ0n) is 7.95. The Morgan fingerprint density at radius 1 is 1.69 bits per heavy atom. The predicted molar refractivity (Wildman–Crippen MR) is 55.0 cm³/mol. The zero-order chi connectivity index (χ0) is 9.68. The highest BCUT2D eigenvalue weighted by Crippen LogP contribution is 2.20. The first-order valence-corrected chi connectivity index (χ1v) is 5.22. The van der Waals surface area contributed by atoms with Crippen molar-refractivity contribution in [3.05, 3.63) is 10.4 Å². The van der Waals surface area contributed by atoms with Crippen LogP contribution in [0, 0.1) is 11.3 Å². The minimum Gasteiger partial charge on any atom is -0.358 e. The van der Waals surface area contributed by atoms with Crippen LogP contribution in [0.25, 0.3) is 0 Å². The number of unbranched alkanes of at least 4 members (excludes halogenated alkanes) is 1. The molecule has 1 rings (SSSR count). The molecule has 0 N–H and O–H groups in total. The second-order valence-corrected chi connectivity index (χ2v) is 3.75. The summed E-state index contributed by atoms with van der Waals surface area (Å²) in [5.41, 5.74) is 1.72. The van der Waals surface area contributed by atoms with Crippen molar-refractivity contribution in [3.63, 3.8) is 0 Å². The number of thiazole rings is 1. The third-order valence-corrected chi connectivity index (χ3v) is 2.58. The molecule has 0 aromatic carbocycles. The van der Waals surface area contributed by atoms with E-state index in [-0.39, 0.29) is 0 Å². The summed E-state index contributed by atoms with van der Waals surface area (Å²) in [6.45, 7) is 3.12. The van der Waals surface area contributed by atoms with Gasteiger partial charge in [0.15, 0.2) is 5.82 Å². The van der Waals surface area contributed by atoms with Crippen molar-refractivity contribution in [2.75, 3.05) is 18.5 Å². The van der Waals surface area contributed by atoms with E-state index in [2.05, 4.69) is 18.0 Å². The maximum absolute atomic E-state index is 8.78. The number of anilines is 1. The Kier molecular flexibility index (Phi) is 3.71. The summed E-state index contributed by atoms with van der Waals surface area (Å²) < 4.78 is 0. The van der Waals surface area contributed by atoms with E-state index in [0.717, 1.165) is 25.2 Å². The monoisotopic (exact) mass is 195 g/mol. The van der Waals surface area contributed by atoms with Crippen LogP contribution in [-0.2, 0) is 0 Å². The molecule has 1 heterocycles. The van der Waals surface area contributed by atoms with Crippen molar-refractivity contribution >= 4 is 17.2 Å². The van der Waals surface area contributed by atoms with Crippen LogP contribution < -0.4 is 4.90 Å². The van der Waals surface area contributed by atoms with Gasteiger partial charge in [-0.2, -0.15) is 5.26 Å². The summed E-state index contributed by atoms with van der Waals surface area (Å²) in [5.74, 6) is 0.820. The standard InChI is InChI=1S/C9H13N3S/c1-3-4-5-12(2)9-8(6-10)13-7-11-9/h7H,3-5H2,1-2H3. The fourth-order valence-electron chi connectivity index (χ4n) is 1.09. The summed E-state index contributed by atoms with van der Waals surface area (Å²) in [4.78, 5) is 6.91. The van der Waals surface area contributed by atoms with Gasteiger partial charge in [-0.1, -0.05) is 13.3 Å². The number of hydrogen-bond acceptors (Lipinski definition) is 4. The maximum Gasteiger partial charge on any atom is 0.157 e. The Bertz CT molecular complexity index is 300. The highest BCUT2D eigenvalue weighted by Gasteiger charge is 2.09. The van der Waals surface area contributed by atoms with E-state index in [4.69, 9.17) is 5.26 Å². The van der Waals surface area contributed by atoms with Crippen molar-refractivity contribution in [3.8, 4) is 6.07 Å². The second kappa shape index (κ2) is 4.83. The lowest BCUT2D eigenvalue weighted by molar-refractivity contribution is 0.760. The fourth-order valence-corrected chi connectivity index (χ4v) is 1.71. The first-order valence-electron chi connectivity index (χ1n) is 4.34. The number of rotatable bonds is 4. The number of hydrogen-bond donors (Lipinski definition) is 0. The van der Waals surface area contributed by atoms with Crippen LogP contribution in [0.4, 0.5) is 5.82 Å². The summed E-state index contributed by atoms with van der Waals surface area (Å²) in [6.07, 6.45) is 2.30. The van der Waals surface area contributed by atoms with Gasteiger partial charge in [0.1, 0.15) is 10.9 Å². The average Bonchev–Trinajstić information content (AvgIpc) is 2.61. The van der Waals surface area contributed by atoms with Crippen LogP contribution in [0.5, 0.6) is 0 Å². The van der Waals surface area contributed by atoms with Gasteiger partial charge in [0.25, 0.3) is 0 Å². The molecule has 70 valence electrons. The Morgan fingerprint density at radius 2 is 2.46 bits per heavy atom. The zero-order valence-corrected chi connectivity index (χ0v) is 8.77. The molecule has 0 aliphatic carbocycles. The topological polar surface area (TPSA) is 39.9 Å². The van der Waals surface area contributed by atoms with E-state index in [9.17, 15) is 0 Å².